The summed E-state index contributed by atoms with van der Waals surface area (Å²) >= 11 is 0. The third-order valence-electron chi connectivity index (χ3n) is 3.02. The van der Waals surface area contributed by atoms with Crippen LogP contribution in [0.15, 0.2) is 42.5 Å². The van der Waals surface area contributed by atoms with Gasteiger partial charge in [-0.3, -0.25) is 0 Å². The molecule has 3 nitrogen and oxygen atoms in total. The maximum absolute atomic E-state index is 9.19. The highest BCUT2D eigenvalue weighted by Crippen LogP contribution is 2.29. The van der Waals surface area contributed by atoms with Crippen molar-refractivity contribution >= 4 is 11.4 Å². The van der Waals surface area contributed by atoms with Crippen LogP contribution in [0.4, 0.5) is 11.4 Å². The first-order valence-electron chi connectivity index (χ1n) is 5.91. The summed E-state index contributed by atoms with van der Waals surface area (Å²) in [6.45, 7) is 1.98. The van der Waals surface area contributed by atoms with Gasteiger partial charge in [-0.15, -0.1) is 0 Å². The van der Waals surface area contributed by atoms with E-state index in [1.54, 1.807) is 12.1 Å². The van der Waals surface area contributed by atoms with Crippen LogP contribution in [0.1, 0.15) is 16.7 Å². The SMILES string of the molecule is Cc1ccc(C#N)c(N(C)c2ccccc2C#N)c1. The molecule has 0 atom stereocenters. The summed E-state index contributed by atoms with van der Waals surface area (Å²) in [6, 6.07) is 17.4. The van der Waals surface area contributed by atoms with Crippen molar-refractivity contribution in [3.05, 3.63) is 59.2 Å². The number of nitriles is 2. The number of hydrogen-bond donors (Lipinski definition) is 0. The van der Waals surface area contributed by atoms with Crippen LogP contribution in [0.5, 0.6) is 0 Å². The van der Waals surface area contributed by atoms with E-state index in [0.29, 0.717) is 11.1 Å². The van der Waals surface area contributed by atoms with Crippen LogP contribution in [0.2, 0.25) is 0 Å². The zero-order valence-electron chi connectivity index (χ0n) is 10.9. The molecule has 2 rings (SSSR count). The van der Waals surface area contributed by atoms with Crippen molar-refractivity contribution in [1.29, 1.82) is 10.5 Å². The lowest BCUT2D eigenvalue weighted by Crippen LogP contribution is -2.12. The van der Waals surface area contributed by atoms with Crippen LogP contribution < -0.4 is 4.90 Å². The molecule has 2 aromatic carbocycles. The molecule has 0 aliphatic rings. The van der Waals surface area contributed by atoms with Gasteiger partial charge < -0.3 is 4.90 Å². The first-order chi connectivity index (χ1) is 9.17. The Balaban J connectivity index is 2.57. The molecule has 0 N–H and O–H groups in total. The molecular formula is C16H13N3. The van der Waals surface area contributed by atoms with E-state index in [0.717, 1.165) is 16.9 Å². The van der Waals surface area contributed by atoms with Gasteiger partial charge in [0, 0.05) is 7.05 Å². The van der Waals surface area contributed by atoms with Gasteiger partial charge in [0.25, 0.3) is 0 Å². The Bertz CT molecular complexity index is 690. The third-order valence-corrected chi connectivity index (χ3v) is 3.02. The monoisotopic (exact) mass is 247 g/mol. The normalized spacial score (nSPS) is 9.47. The molecule has 0 heterocycles. The zero-order chi connectivity index (χ0) is 13.8. The van der Waals surface area contributed by atoms with E-state index in [2.05, 4.69) is 12.1 Å². The fraction of sp³-hybridized carbons (Fsp3) is 0.125. The highest BCUT2D eigenvalue weighted by Gasteiger charge is 2.12. The maximum atomic E-state index is 9.19. The minimum atomic E-state index is 0.593. The maximum Gasteiger partial charge on any atom is 0.101 e. The Morgan fingerprint density at radius 2 is 1.53 bits per heavy atom. The largest absolute Gasteiger partial charge is 0.342 e. The van der Waals surface area contributed by atoms with Gasteiger partial charge in [0.15, 0.2) is 0 Å². The second-order valence-corrected chi connectivity index (χ2v) is 4.32. The molecule has 0 unspecified atom stereocenters. The van der Waals surface area contributed by atoms with Crippen molar-refractivity contribution in [2.45, 2.75) is 6.92 Å². The number of nitrogens with zero attached hydrogens (tertiary/aromatic N) is 3. The molecule has 0 fully saturated rings. The zero-order valence-corrected chi connectivity index (χ0v) is 10.9. The summed E-state index contributed by atoms with van der Waals surface area (Å²) in [5.74, 6) is 0. The summed E-state index contributed by atoms with van der Waals surface area (Å²) in [5, 5.41) is 18.3. The average Bonchev–Trinajstić information content (AvgIpc) is 2.46. The summed E-state index contributed by atoms with van der Waals surface area (Å²) in [6.07, 6.45) is 0. The molecule has 0 aliphatic carbocycles. The van der Waals surface area contributed by atoms with Crippen molar-refractivity contribution in [1.82, 2.24) is 0 Å². The fourth-order valence-corrected chi connectivity index (χ4v) is 2.00. The molecule has 0 amide bonds. The Kier molecular flexibility index (Phi) is 3.50. The predicted octanol–water partition coefficient (Wildman–Crippen LogP) is 3.51. The number of hydrogen-bond acceptors (Lipinski definition) is 3. The molecule has 3 heteroatoms. The van der Waals surface area contributed by atoms with Crippen LogP contribution in [-0.2, 0) is 0 Å². The molecule has 92 valence electrons. The van der Waals surface area contributed by atoms with Crippen LogP contribution in [-0.4, -0.2) is 7.05 Å². The number of anilines is 2. The lowest BCUT2D eigenvalue weighted by molar-refractivity contribution is 1.18. The number of aryl methyl sites for hydroxylation is 1. The second-order valence-electron chi connectivity index (χ2n) is 4.32. The van der Waals surface area contributed by atoms with Gasteiger partial charge >= 0.3 is 0 Å². The van der Waals surface area contributed by atoms with E-state index < -0.39 is 0 Å². The second kappa shape index (κ2) is 5.25. The van der Waals surface area contributed by atoms with Crippen LogP contribution in [0.3, 0.4) is 0 Å². The Labute approximate surface area is 112 Å². The number of para-hydroxylation sites is 1. The molecule has 0 radical (unpaired) electrons. The third kappa shape index (κ3) is 2.41. The van der Waals surface area contributed by atoms with Gasteiger partial charge in [0.2, 0.25) is 0 Å². The van der Waals surface area contributed by atoms with Crippen molar-refractivity contribution < 1.29 is 0 Å². The highest BCUT2D eigenvalue weighted by molar-refractivity contribution is 5.73. The first-order valence-corrected chi connectivity index (χ1v) is 5.91. The van der Waals surface area contributed by atoms with E-state index >= 15 is 0 Å². The predicted molar refractivity (Wildman–Crippen MR) is 75.1 cm³/mol. The van der Waals surface area contributed by atoms with Gasteiger partial charge in [-0.05, 0) is 36.8 Å². The molecule has 19 heavy (non-hydrogen) atoms. The van der Waals surface area contributed by atoms with Crippen molar-refractivity contribution in [3.8, 4) is 12.1 Å². The average molecular weight is 247 g/mol. The van der Waals surface area contributed by atoms with Gasteiger partial charge in [0.1, 0.15) is 12.1 Å². The molecule has 0 aliphatic heterocycles. The standard InChI is InChI=1S/C16H13N3/c1-12-7-8-14(11-18)16(9-12)19(2)15-6-4-3-5-13(15)10-17/h3-9H,1-2H3. The molecule has 0 saturated heterocycles. The van der Waals surface area contributed by atoms with E-state index in [4.69, 9.17) is 5.26 Å². The van der Waals surface area contributed by atoms with Crippen molar-refractivity contribution in [2.24, 2.45) is 0 Å². The Morgan fingerprint density at radius 3 is 2.21 bits per heavy atom. The van der Waals surface area contributed by atoms with E-state index in [-0.39, 0.29) is 0 Å². The topological polar surface area (TPSA) is 50.8 Å². The van der Waals surface area contributed by atoms with Crippen molar-refractivity contribution in [2.75, 3.05) is 11.9 Å². The highest BCUT2D eigenvalue weighted by atomic mass is 15.1. The van der Waals surface area contributed by atoms with E-state index in [9.17, 15) is 5.26 Å². The van der Waals surface area contributed by atoms with Gasteiger partial charge in [0.05, 0.1) is 22.5 Å². The lowest BCUT2D eigenvalue weighted by atomic mass is 10.1. The minimum Gasteiger partial charge on any atom is -0.342 e. The fourth-order valence-electron chi connectivity index (χ4n) is 2.00. The molecular weight excluding hydrogens is 234 g/mol. The Morgan fingerprint density at radius 1 is 0.895 bits per heavy atom. The number of rotatable bonds is 2. The number of benzene rings is 2. The molecule has 0 aromatic heterocycles. The summed E-state index contributed by atoms with van der Waals surface area (Å²) < 4.78 is 0. The van der Waals surface area contributed by atoms with E-state index in [1.165, 1.54) is 0 Å². The summed E-state index contributed by atoms with van der Waals surface area (Å²) in [5.41, 5.74) is 3.88. The van der Waals surface area contributed by atoms with Crippen LogP contribution >= 0.6 is 0 Å². The van der Waals surface area contributed by atoms with Gasteiger partial charge in [-0.1, -0.05) is 18.2 Å². The molecule has 0 spiro atoms. The lowest BCUT2D eigenvalue weighted by Gasteiger charge is -2.22. The van der Waals surface area contributed by atoms with Crippen LogP contribution in [0, 0.1) is 29.6 Å². The van der Waals surface area contributed by atoms with Gasteiger partial charge in [-0.2, -0.15) is 10.5 Å². The first kappa shape index (κ1) is 12.7. The summed E-state index contributed by atoms with van der Waals surface area (Å²) in [4.78, 5) is 1.88. The quantitative estimate of drug-likeness (QED) is 0.816. The van der Waals surface area contributed by atoms with Gasteiger partial charge in [-0.25, -0.2) is 0 Å². The minimum absolute atomic E-state index is 0.593. The molecule has 2 aromatic rings. The Hall–Kier alpha value is -2.78. The van der Waals surface area contributed by atoms with Crippen molar-refractivity contribution in [3.63, 3.8) is 0 Å². The van der Waals surface area contributed by atoms with E-state index in [1.807, 2.05) is 49.2 Å². The molecule has 0 bridgehead atoms. The smallest absolute Gasteiger partial charge is 0.101 e. The molecule has 0 saturated carbocycles. The van der Waals surface area contributed by atoms with Crippen LogP contribution in [0.25, 0.3) is 0 Å². The summed E-state index contributed by atoms with van der Waals surface area (Å²) in [7, 11) is 1.87.